The molecular weight excluding hydrogens is 599 g/mol. The van der Waals surface area contributed by atoms with Crippen molar-refractivity contribution >= 4 is 11.8 Å². The van der Waals surface area contributed by atoms with Crippen LogP contribution in [0.25, 0.3) is 0 Å². The van der Waals surface area contributed by atoms with Crippen molar-refractivity contribution in [1.29, 1.82) is 0 Å². The third-order valence-corrected chi connectivity index (χ3v) is 7.88. The number of oxazole rings is 1. The lowest BCUT2D eigenvalue weighted by Gasteiger charge is -2.25. The van der Waals surface area contributed by atoms with Gasteiger partial charge >= 0.3 is 6.18 Å². The number of rotatable bonds is 11. The fourth-order valence-electron chi connectivity index (χ4n) is 5.62. The number of likely N-dealkylation sites (tertiary alicyclic amines) is 1. The molecule has 3 N–H and O–H groups in total. The first-order chi connectivity index (χ1) is 22.0. The number of hydrogen-bond donors (Lipinski definition) is 3. The van der Waals surface area contributed by atoms with Crippen molar-refractivity contribution in [3.05, 3.63) is 118 Å². The van der Waals surface area contributed by atoms with Crippen LogP contribution in [0.3, 0.4) is 0 Å². The van der Waals surface area contributed by atoms with Crippen LogP contribution in [0.5, 0.6) is 0 Å². The van der Waals surface area contributed by atoms with Crippen LogP contribution in [-0.4, -0.2) is 57.0 Å². The molecule has 12 heteroatoms. The molecule has 1 saturated heterocycles. The molecule has 242 valence electrons. The second-order valence-electron chi connectivity index (χ2n) is 11.5. The van der Waals surface area contributed by atoms with E-state index >= 15 is 0 Å². The highest BCUT2D eigenvalue weighted by Gasteiger charge is 2.34. The number of carbonyl (C=O) groups excluding carboxylic acids is 2. The van der Waals surface area contributed by atoms with Crippen molar-refractivity contribution < 1.29 is 32.3 Å². The van der Waals surface area contributed by atoms with Gasteiger partial charge in [-0.2, -0.15) is 13.2 Å². The number of amides is 2. The van der Waals surface area contributed by atoms with Gasteiger partial charge in [0.25, 0.3) is 11.8 Å². The van der Waals surface area contributed by atoms with Crippen LogP contribution in [-0.2, 0) is 19.1 Å². The molecule has 0 spiro atoms. The number of aliphatic hydroxyl groups is 1. The van der Waals surface area contributed by atoms with Gasteiger partial charge in [0.15, 0.2) is 0 Å². The van der Waals surface area contributed by atoms with Crippen LogP contribution >= 0.6 is 0 Å². The van der Waals surface area contributed by atoms with E-state index in [1.165, 1.54) is 12.1 Å². The summed E-state index contributed by atoms with van der Waals surface area (Å²) in [5.74, 6) is -0.360. The summed E-state index contributed by atoms with van der Waals surface area (Å²) in [6, 6.07) is 16.2. The number of halogens is 3. The molecule has 0 saturated carbocycles. The van der Waals surface area contributed by atoms with Crippen molar-refractivity contribution in [2.24, 2.45) is 0 Å². The summed E-state index contributed by atoms with van der Waals surface area (Å²) < 4.78 is 44.9. The van der Waals surface area contributed by atoms with Crippen molar-refractivity contribution in [1.82, 2.24) is 25.5 Å². The van der Waals surface area contributed by atoms with E-state index in [9.17, 15) is 27.9 Å². The Morgan fingerprint density at radius 2 is 1.78 bits per heavy atom. The lowest BCUT2D eigenvalue weighted by molar-refractivity contribution is -0.137. The topological polar surface area (TPSA) is 121 Å². The number of carbonyl (C=O) groups is 2. The van der Waals surface area contributed by atoms with E-state index in [1.807, 2.05) is 37.3 Å². The molecule has 0 aliphatic carbocycles. The Balaban J connectivity index is 1.29. The first kappa shape index (κ1) is 32.8. The Bertz CT molecular complexity index is 1660. The van der Waals surface area contributed by atoms with Crippen molar-refractivity contribution in [3.8, 4) is 0 Å². The minimum absolute atomic E-state index is 0.00432. The Kier molecular flexibility index (Phi) is 10.2. The number of aryl methyl sites for hydroxylation is 2. The van der Waals surface area contributed by atoms with Crippen LogP contribution in [0.2, 0.25) is 0 Å². The van der Waals surface area contributed by atoms with Crippen LogP contribution in [0.4, 0.5) is 13.2 Å². The molecule has 1 aliphatic rings. The monoisotopic (exact) mass is 635 g/mol. The van der Waals surface area contributed by atoms with Gasteiger partial charge in [-0.25, -0.2) is 9.97 Å². The van der Waals surface area contributed by atoms with Gasteiger partial charge in [-0.15, -0.1) is 0 Å². The number of alkyl halides is 3. The lowest BCUT2D eigenvalue weighted by atomic mass is 10.0. The van der Waals surface area contributed by atoms with E-state index in [1.54, 1.807) is 30.2 Å². The second kappa shape index (κ2) is 14.3. The first-order valence-corrected chi connectivity index (χ1v) is 15.1. The average molecular weight is 636 g/mol. The molecule has 1 fully saturated rings. The van der Waals surface area contributed by atoms with E-state index in [2.05, 4.69) is 20.6 Å². The quantitative estimate of drug-likeness (QED) is 0.208. The van der Waals surface area contributed by atoms with Gasteiger partial charge in [-0.1, -0.05) is 48.5 Å². The highest BCUT2D eigenvalue weighted by molar-refractivity contribution is 5.99. The number of nitrogens with zero attached hydrogens (tertiary/aromatic N) is 3. The van der Waals surface area contributed by atoms with E-state index < -0.39 is 29.8 Å². The maximum atomic E-state index is 13.6. The number of aliphatic hydroxyl groups excluding tert-OH is 1. The fourth-order valence-corrected chi connectivity index (χ4v) is 5.62. The zero-order valence-corrected chi connectivity index (χ0v) is 25.6. The summed E-state index contributed by atoms with van der Waals surface area (Å²) in [5, 5.41) is 17.0. The summed E-state index contributed by atoms with van der Waals surface area (Å²) in [7, 11) is 0. The third kappa shape index (κ3) is 8.18. The number of benzene rings is 2. The number of nitrogens with one attached hydrogen (secondary N) is 2. The molecule has 3 heterocycles. The van der Waals surface area contributed by atoms with Crippen LogP contribution in [0.15, 0.2) is 77.4 Å². The van der Waals surface area contributed by atoms with Gasteiger partial charge in [-0.3, -0.25) is 9.59 Å². The highest BCUT2D eigenvalue weighted by Crippen LogP contribution is 2.33. The van der Waals surface area contributed by atoms with Crippen molar-refractivity contribution in [2.75, 3.05) is 13.1 Å². The zero-order chi connectivity index (χ0) is 32.8. The summed E-state index contributed by atoms with van der Waals surface area (Å²) in [5.41, 5.74) is 2.04. The lowest BCUT2D eigenvalue weighted by Crippen LogP contribution is -2.49. The maximum Gasteiger partial charge on any atom is 0.416 e. The maximum absolute atomic E-state index is 13.6. The standard InChI is InChI=1S/C34H36F3N5O4/c1-21-14-25(33(45)42-13-7-12-29(42)32-40-22(2)20-46-32)17-28(39-21)31(44)41-27(16-23-8-4-3-5-9-23)30(43)19-38-18-24-10-6-11-26(15-24)34(35,36)37/h3-6,8-11,14-15,17,20,27,29-30,38,43H,7,12-13,16,18-19H2,1-2H3,(H,41,44)/t27-,29+,30-/m0/s1. The van der Waals surface area contributed by atoms with E-state index in [0.717, 1.165) is 29.8 Å². The van der Waals surface area contributed by atoms with Gasteiger partial charge < -0.3 is 25.1 Å². The van der Waals surface area contributed by atoms with Gasteiger partial charge in [0.05, 0.1) is 23.4 Å². The molecule has 2 aromatic heterocycles. The molecule has 1 aliphatic heterocycles. The Morgan fingerprint density at radius 3 is 2.50 bits per heavy atom. The highest BCUT2D eigenvalue weighted by atomic mass is 19.4. The Hall–Kier alpha value is -4.55. The van der Waals surface area contributed by atoms with Gasteiger partial charge in [0, 0.05) is 30.9 Å². The van der Waals surface area contributed by atoms with Crippen LogP contribution in [0.1, 0.15) is 73.7 Å². The Morgan fingerprint density at radius 1 is 1.02 bits per heavy atom. The van der Waals surface area contributed by atoms with Gasteiger partial charge in [0.2, 0.25) is 5.89 Å². The number of hydrogen-bond acceptors (Lipinski definition) is 7. The first-order valence-electron chi connectivity index (χ1n) is 15.1. The minimum atomic E-state index is -4.46. The molecule has 5 rings (SSSR count). The van der Waals surface area contributed by atoms with Crippen LogP contribution in [0, 0.1) is 13.8 Å². The molecule has 0 unspecified atom stereocenters. The molecule has 2 aromatic carbocycles. The second-order valence-corrected chi connectivity index (χ2v) is 11.5. The predicted octanol–water partition coefficient (Wildman–Crippen LogP) is 5.17. The Labute approximate surface area is 264 Å². The summed E-state index contributed by atoms with van der Waals surface area (Å²) in [4.78, 5) is 37.7. The molecule has 2 amide bonds. The van der Waals surface area contributed by atoms with Gasteiger partial charge in [0.1, 0.15) is 18.0 Å². The molecule has 9 nitrogen and oxygen atoms in total. The predicted molar refractivity (Wildman–Crippen MR) is 164 cm³/mol. The smallest absolute Gasteiger partial charge is 0.416 e. The number of pyridine rings is 1. The summed E-state index contributed by atoms with van der Waals surface area (Å²) >= 11 is 0. The SMILES string of the molecule is Cc1cc(C(=O)N2CCC[C@@H]2c2nc(C)co2)cc(C(=O)N[C@@H](Cc2ccccc2)[C@@H](O)CNCc2cccc(C(F)(F)F)c2)n1. The molecule has 0 bridgehead atoms. The molecule has 0 radical (unpaired) electrons. The minimum Gasteiger partial charge on any atom is -0.446 e. The summed E-state index contributed by atoms with van der Waals surface area (Å²) in [6.45, 7) is 4.12. The molecule has 46 heavy (non-hydrogen) atoms. The van der Waals surface area contributed by atoms with Crippen LogP contribution < -0.4 is 10.6 Å². The summed E-state index contributed by atoms with van der Waals surface area (Å²) in [6.07, 6.45) is -2.23. The van der Waals surface area contributed by atoms with E-state index in [4.69, 9.17) is 4.42 Å². The average Bonchev–Trinajstić information content (AvgIpc) is 3.69. The van der Waals surface area contributed by atoms with Crippen molar-refractivity contribution in [2.45, 2.75) is 64.0 Å². The number of aromatic nitrogens is 2. The van der Waals surface area contributed by atoms with E-state index in [-0.39, 0.29) is 37.2 Å². The zero-order valence-electron chi connectivity index (χ0n) is 25.6. The normalized spacial score (nSPS) is 16.3. The molecular formula is C34H36F3N5O4. The van der Waals surface area contributed by atoms with E-state index in [0.29, 0.717) is 35.7 Å². The molecule has 4 aromatic rings. The van der Waals surface area contributed by atoms with Crippen molar-refractivity contribution in [3.63, 3.8) is 0 Å². The van der Waals surface area contributed by atoms with Gasteiger partial charge in [-0.05, 0) is 62.4 Å². The third-order valence-electron chi connectivity index (χ3n) is 7.88. The molecule has 3 atom stereocenters. The fraction of sp³-hybridized carbons (Fsp3) is 0.353. The largest absolute Gasteiger partial charge is 0.446 e.